The van der Waals surface area contributed by atoms with E-state index in [9.17, 15) is 22.8 Å². The van der Waals surface area contributed by atoms with Crippen LogP contribution in [0.3, 0.4) is 0 Å². The second-order valence-electron chi connectivity index (χ2n) is 8.32. The van der Waals surface area contributed by atoms with Gasteiger partial charge in [-0.3, -0.25) is 4.79 Å². The highest BCUT2D eigenvalue weighted by Crippen LogP contribution is 2.47. The molecule has 0 unspecified atom stereocenters. The zero-order valence-electron chi connectivity index (χ0n) is 18.6. The maximum Gasteiger partial charge on any atom is 0.432 e. The van der Waals surface area contributed by atoms with E-state index in [4.69, 9.17) is 9.47 Å². The topological polar surface area (TPSA) is 52.6 Å². The predicted molar refractivity (Wildman–Crippen MR) is 116 cm³/mol. The van der Waals surface area contributed by atoms with E-state index in [-0.39, 0.29) is 17.9 Å². The van der Waals surface area contributed by atoms with E-state index >= 15 is 0 Å². The summed E-state index contributed by atoms with van der Waals surface area (Å²) in [6.45, 7) is 11.2. The van der Waals surface area contributed by atoms with Crippen molar-refractivity contribution in [1.29, 1.82) is 0 Å². The van der Waals surface area contributed by atoms with Crippen LogP contribution in [-0.4, -0.2) is 31.6 Å². The molecule has 32 heavy (non-hydrogen) atoms. The number of methoxy groups -OCH3 is 1. The number of halogens is 3. The summed E-state index contributed by atoms with van der Waals surface area (Å²) in [5.74, 6) is -1.91. The normalized spacial score (nSPS) is 23.9. The maximum atomic E-state index is 14.1. The zero-order valence-corrected chi connectivity index (χ0v) is 18.6. The van der Waals surface area contributed by atoms with E-state index < -0.39 is 29.3 Å². The Morgan fingerprint density at radius 2 is 1.94 bits per heavy atom. The van der Waals surface area contributed by atoms with Crippen molar-refractivity contribution in [2.24, 2.45) is 11.3 Å². The van der Waals surface area contributed by atoms with Crippen LogP contribution in [0, 0.1) is 11.3 Å². The van der Waals surface area contributed by atoms with Gasteiger partial charge in [-0.05, 0) is 30.8 Å². The van der Waals surface area contributed by atoms with Crippen LogP contribution in [-0.2, 0) is 24.7 Å². The summed E-state index contributed by atoms with van der Waals surface area (Å²) in [5, 5.41) is 0. The van der Waals surface area contributed by atoms with Crippen molar-refractivity contribution in [3.8, 4) is 0 Å². The predicted octanol–water partition coefficient (Wildman–Crippen LogP) is 5.70. The van der Waals surface area contributed by atoms with Crippen LogP contribution < -0.4 is 0 Å². The second-order valence-corrected chi connectivity index (χ2v) is 8.32. The van der Waals surface area contributed by atoms with Gasteiger partial charge in [0.1, 0.15) is 12.4 Å². The molecule has 4 atom stereocenters. The number of alkyl halides is 3. The van der Waals surface area contributed by atoms with Crippen molar-refractivity contribution in [2.75, 3.05) is 7.11 Å². The van der Waals surface area contributed by atoms with Crippen LogP contribution in [0.4, 0.5) is 13.2 Å². The lowest BCUT2D eigenvalue weighted by molar-refractivity contribution is -0.278. The molecule has 1 aromatic rings. The minimum atomic E-state index is -5.04. The van der Waals surface area contributed by atoms with E-state index in [1.165, 1.54) is 31.2 Å². The number of ether oxygens (including phenoxy) is 2. The number of hydrogen-bond donors (Lipinski definition) is 0. The Hall–Kier alpha value is -2.67. The minimum absolute atomic E-state index is 0.152. The maximum absolute atomic E-state index is 14.1. The third kappa shape index (κ3) is 4.72. The molecule has 0 aromatic heterocycles. The number of esters is 1. The van der Waals surface area contributed by atoms with Gasteiger partial charge in [-0.1, -0.05) is 61.6 Å². The van der Waals surface area contributed by atoms with Gasteiger partial charge >= 0.3 is 12.1 Å². The summed E-state index contributed by atoms with van der Waals surface area (Å²) in [5.41, 5.74) is -2.91. The summed E-state index contributed by atoms with van der Waals surface area (Å²) in [6, 6.07) is 6.67. The van der Waals surface area contributed by atoms with Crippen molar-refractivity contribution in [3.63, 3.8) is 0 Å². The van der Waals surface area contributed by atoms with Gasteiger partial charge in [0, 0.05) is 25.0 Å². The fraction of sp³-hybridized carbons (Fsp3) is 0.440. The summed E-state index contributed by atoms with van der Waals surface area (Å²) >= 11 is 0. The molecule has 0 heterocycles. The van der Waals surface area contributed by atoms with Gasteiger partial charge in [-0.2, -0.15) is 13.2 Å². The molecule has 0 saturated heterocycles. The largest absolute Gasteiger partial charge is 0.460 e. The number of hydrogen-bond acceptors (Lipinski definition) is 4. The second kappa shape index (κ2) is 9.86. The Balaban J connectivity index is 2.32. The molecule has 2 rings (SSSR count). The fourth-order valence-electron chi connectivity index (χ4n) is 4.43. The molecule has 0 saturated carbocycles. The molecule has 4 nitrogen and oxygen atoms in total. The molecule has 1 aliphatic carbocycles. The molecule has 0 fully saturated rings. The summed E-state index contributed by atoms with van der Waals surface area (Å²) in [4.78, 5) is 24.3. The first-order valence-corrected chi connectivity index (χ1v) is 10.3. The van der Waals surface area contributed by atoms with Crippen molar-refractivity contribution >= 4 is 12.3 Å². The number of allylic oxidation sites excluding steroid dienone is 3. The van der Waals surface area contributed by atoms with E-state index in [0.717, 1.165) is 19.1 Å². The fourth-order valence-corrected chi connectivity index (χ4v) is 4.43. The summed E-state index contributed by atoms with van der Waals surface area (Å²) in [7, 11) is 0.829. The van der Waals surface area contributed by atoms with E-state index in [0.29, 0.717) is 18.3 Å². The molecule has 0 radical (unpaired) electrons. The molecule has 1 aromatic carbocycles. The molecule has 174 valence electrons. The Bertz CT molecular complexity index is 890. The highest BCUT2D eigenvalue weighted by Gasteiger charge is 2.64. The zero-order chi connectivity index (χ0) is 24.2. The lowest BCUT2D eigenvalue weighted by Crippen LogP contribution is -2.52. The molecule has 0 N–H and O–H groups in total. The van der Waals surface area contributed by atoms with Crippen LogP contribution in [0.25, 0.3) is 0 Å². The van der Waals surface area contributed by atoms with Gasteiger partial charge in [0.2, 0.25) is 0 Å². The lowest BCUT2D eigenvalue weighted by Gasteiger charge is -2.41. The number of benzene rings is 1. The smallest absolute Gasteiger partial charge is 0.432 e. The standard InChI is InChI=1S/C25H29F3O4/c1-6-23(4)14-10-11-19(21(23)17(2)16-29)15-18(3)32-22(30)24(31-5,25(26,27)28)20-12-8-7-9-13-20/h6-9,11-13,16,18,21H,1-2,10,14-15H2,3-5H3/t18-,21-,23+,24-/m1/s1. The van der Waals surface area contributed by atoms with Gasteiger partial charge in [0.25, 0.3) is 5.60 Å². The van der Waals surface area contributed by atoms with Crippen molar-refractivity contribution in [1.82, 2.24) is 0 Å². The molecular formula is C25H29F3O4. The van der Waals surface area contributed by atoms with E-state index in [2.05, 4.69) is 13.2 Å². The monoisotopic (exact) mass is 450 g/mol. The number of rotatable bonds is 9. The van der Waals surface area contributed by atoms with Crippen LogP contribution in [0.15, 0.2) is 66.8 Å². The average Bonchev–Trinajstić information content (AvgIpc) is 2.74. The third-order valence-electron chi connectivity index (χ3n) is 6.11. The van der Waals surface area contributed by atoms with Gasteiger partial charge in [-0.15, -0.1) is 6.58 Å². The first kappa shape index (κ1) is 25.6. The van der Waals surface area contributed by atoms with Crippen LogP contribution in [0.5, 0.6) is 0 Å². The van der Waals surface area contributed by atoms with Crippen molar-refractivity contribution in [3.05, 3.63) is 72.4 Å². The SMILES string of the molecule is C=C[C@@]1(C)CCC=C(C[C@@H](C)OC(=O)[C@](OC)(c2ccccc2)C(F)(F)F)[C@H]1C(=C)C=O. The first-order chi connectivity index (χ1) is 15.0. The van der Waals surface area contributed by atoms with Gasteiger partial charge in [0.15, 0.2) is 0 Å². The van der Waals surface area contributed by atoms with E-state index in [1.54, 1.807) is 12.1 Å². The van der Waals surface area contributed by atoms with Gasteiger partial charge in [0.05, 0.1) is 0 Å². The van der Waals surface area contributed by atoms with Gasteiger partial charge in [-0.25, -0.2) is 4.79 Å². The lowest BCUT2D eigenvalue weighted by atomic mass is 9.64. The molecule has 1 aliphatic rings. The Morgan fingerprint density at radius 1 is 1.31 bits per heavy atom. The third-order valence-corrected chi connectivity index (χ3v) is 6.11. The molecule has 0 bridgehead atoms. The highest BCUT2D eigenvalue weighted by molar-refractivity contribution is 5.83. The van der Waals surface area contributed by atoms with Crippen LogP contribution in [0.2, 0.25) is 0 Å². The highest BCUT2D eigenvalue weighted by atomic mass is 19.4. The average molecular weight is 450 g/mol. The van der Waals surface area contributed by atoms with Gasteiger partial charge < -0.3 is 9.47 Å². The number of aldehydes is 1. The number of carbonyl (C=O) groups excluding carboxylic acids is 2. The molecular weight excluding hydrogens is 421 g/mol. The molecule has 0 amide bonds. The van der Waals surface area contributed by atoms with Crippen LogP contribution >= 0.6 is 0 Å². The molecule has 0 aliphatic heterocycles. The Kier molecular flexibility index (Phi) is 7.88. The Morgan fingerprint density at radius 3 is 2.44 bits per heavy atom. The quantitative estimate of drug-likeness (QED) is 0.210. The summed E-state index contributed by atoms with van der Waals surface area (Å²) < 4.78 is 52.3. The molecule has 0 spiro atoms. The molecule has 7 heteroatoms. The number of carbonyl (C=O) groups is 2. The Labute approximate surface area is 186 Å². The van der Waals surface area contributed by atoms with Crippen molar-refractivity contribution in [2.45, 2.75) is 51.0 Å². The first-order valence-electron chi connectivity index (χ1n) is 10.3. The minimum Gasteiger partial charge on any atom is -0.460 e. The van der Waals surface area contributed by atoms with Crippen molar-refractivity contribution < 1.29 is 32.2 Å². The van der Waals surface area contributed by atoms with Crippen LogP contribution in [0.1, 0.15) is 38.7 Å². The summed E-state index contributed by atoms with van der Waals surface area (Å²) in [6.07, 6.45) is 0.0418. The van der Waals surface area contributed by atoms with E-state index in [1.807, 2.05) is 13.0 Å².